The summed E-state index contributed by atoms with van der Waals surface area (Å²) in [7, 11) is 0. The lowest BCUT2D eigenvalue weighted by atomic mass is 9.86. The molecule has 0 spiro atoms. The van der Waals surface area contributed by atoms with Crippen LogP contribution in [0.25, 0.3) is 0 Å². The Morgan fingerprint density at radius 3 is 2.52 bits per heavy atom. The van der Waals surface area contributed by atoms with Gasteiger partial charge in [-0.05, 0) is 32.6 Å². The summed E-state index contributed by atoms with van der Waals surface area (Å²) in [5.74, 6) is 1.95. The molecule has 3 rings (SSSR count). The second-order valence-electron chi connectivity index (χ2n) is 7.00. The Kier molecular flexibility index (Phi) is 5.13. The maximum absolute atomic E-state index is 12.5. The van der Waals surface area contributed by atoms with Crippen molar-refractivity contribution >= 4 is 11.7 Å². The number of aryl methyl sites for hydroxylation is 2. The molecular formula is C18H28N4O. The van der Waals surface area contributed by atoms with Gasteiger partial charge in [0, 0.05) is 38.8 Å². The smallest absolute Gasteiger partial charge is 0.222 e. The molecule has 0 atom stereocenters. The van der Waals surface area contributed by atoms with Crippen LogP contribution in [-0.2, 0) is 4.79 Å². The van der Waals surface area contributed by atoms with Gasteiger partial charge in [0.15, 0.2) is 0 Å². The normalized spacial score (nSPS) is 19.9. The van der Waals surface area contributed by atoms with Crippen molar-refractivity contribution in [1.29, 1.82) is 0 Å². The van der Waals surface area contributed by atoms with Crippen LogP contribution in [0.15, 0.2) is 6.20 Å². The number of anilines is 1. The lowest BCUT2D eigenvalue weighted by Crippen LogP contribution is -2.49. The molecule has 0 unspecified atom stereocenters. The average Bonchev–Trinajstić information content (AvgIpc) is 2.58. The van der Waals surface area contributed by atoms with Crippen LogP contribution in [0.5, 0.6) is 0 Å². The van der Waals surface area contributed by atoms with Crippen molar-refractivity contribution in [3.63, 3.8) is 0 Å². The van der Waals surface area contributed by atoms with Gasteiger partial charge in [0.05, 0.1) is 11.4 Å². The highest BCUT2D eigenvalue weighted by Crippen LogP contribution is 2.27. The minimum atomic E-state index is 0.351. The average molecular weight is 316 g/mol. The highest BCUT2D eigenvalue weighted by molar-refractivity contribution is 5.76. The maximum atomic E-state index is 12.5. The molecule has 126 valence electrons. The second kappa shape index (κ2) is 7.28. The van der Waals surface area contributed by atoms with Gasteiger partial charge in [0.25, 0.3) is 0 Å². The van der Waals surface area contributed by atoms with Crippen LogP contribution in [0.3, 0.4) is 0 Å². The van der Waals surface area contributed by atoms with E-state index in [-0.39, 0.29) is 0 Å². The molecule has 0 radical (unpaired) electrons. The van der Waals surface area contributed by atoms with Gasteiger partial charge in [-0.25, -0.2) is 4.98 Å². The predicted molar refractivity (Wildman–Crippen MR) is 91.5 cm³/mol. The molecule has 1 saturated heterocycles. The fourth-order valence-electron chi connectivity index (χ4n) is 3.76. The number of aromatic nitrogens is 2. The Balaban J connectivity index is 1.53. The van der Waals surface area contributed by atoms with Crippen molar-refractivity contribution in [1.82, 2.24) is 14.9 Å². The van der Waals surface area contributed by atoms with Crippen LogP contribution in [-0.4, -0.2) is 47.0 Å². The number of hydrogen-bond donors (Lipinski definition) is 0. The number of piperazine rings is 1. The van der Waals surface area contributed by atoms with Gasteiger partial charge >= 0.3 is 0 Å². The number of nitrogens with zero attached hydrogens (tertiary/aromatic N) is 4. The van der Waals surface area contributed by atoms with Gasteiger partial charge in [-0.3, -0.25) is 9.78 Å². The Hall–Kier alpha value is -1.65. The third-order valence-electron chi connectivity index (χ3n) is 5.17. The predicted octanol–water partition coefficient (Wildman–Crippen LogP) is 2.71. The van der Waals surface area contributed by atoms with Crippen LogP contribution in [0.4, 0.5) is 5.82 Å². The van der Waals surface area contributed by atoms with E-state index in [1.54, 1.807) is 0 Å². The lowest BCUT2D eigenvalue weighted by molar-refractivity contribution is -0.132. The molecule has 5 heteroatoms. The summed E-state index contributed by atoms with van der Waals surface area (Å²) in [4.78, 5) is 25.8. The van der Waals surface area contributed by atoms with Gasteiger partial charge in [0.1, 0.15) is 5.82 Å². The van der Waals surface area contributed by atoms with Crippen molar-refractivity contribution in [2.75, 3.05) is 31.1 Å². The maximum Gasteiger partial charge on any atom is 0.222 e. The summed E-state index contributed by atoms with van der Waals surface area (Å²) < 4.78 is 0. The van der Waals surface area contributed by atoms with Crippen LogP contribution in [0.2, 0.25) is 0 Å². The summed E-state index contributed by atoms with van der Waals surface area (Å²) in [5.41, 5.74) is 1.92. The van der Waals surface area contributed by atoms with Gasteiger partial charge in [-0.15, -0.1) is 0 Å². The van der Waals surface area contributed by atoms with E-state index in [2.05, 4.69) is 14.9 Å². The number of carbonyl (C=O) groups excluding carboxylic acids is 1. The lowest BCUT2D eigenvalue weighted by Gasteiger charge is -2.36. The van der Waals surface area contributed by atoms with E-state index in [4.69, 9.17) is 0 Å². The van der Waals surface area contributed by atoms with E-state index in [1.165, 1.54) is 32.1 Å². The molecule has 2 aliphatic rings. The van der Waals surface area contributed by atoms with Crippen LogP contribution >= 0.6 is 0 Å². The molecule has 1 aromatic rings. The molecule has 5 nitrogen and oxygen atoms in total. The van der Waals surface area contributed by atoms with E-state index < -0.39 is 0 Å². The first-order valence-electron chi connectivity index (χ1n) is 8.96. The minimum Gasteiger partial charge on any atom is -0.352 e. The Morgan fingerprint density at radius 1 is 1.13 bits per heavy atom. The SMILES string of the molecule is Cc1cnc(C)c(N2CCN(C(=O)CC3CCCCC3)CC2)n1. The molecule has 1 aliphatic carbocycles. The molecule has 1 aliphatic heterocycles. The van der Waals surface area contributed by atoms with E-state index >= 15 is 0 Å². The molecule has 1 aromatic heterocycles. The van der Waals surface area contributed by atoms with Crippen molar-refractivity contribution in [2.24, 2.45) is 5.92 Å². The van der Waals surface area contributed by atoms with E-state index in [0.717, 1.165) is 49.8 Å². The van der Waals surface area contributed by atoms with Crippen LogP contribution < -0.4 is 4.90 Å². The first-order valence-corrected chi connectivity index (χ1v) is 8.96. The second-order valence-corrected chi connectivity index (χ2v) is 7.00. The minimum absolute atomic E-state index is 0.351. The van der Waals surface area contributed by atoms with Crippen molar-refractivity contribution in [3.05, 3.63) is 17.6 Å². The first kappa shape index (κ1) is 16.2. The Morgan fingerprint density at radius 2 is 1.83 bits per heavy atom. The van der Waals surface area contributed by atoms with E-state index in [9.17, 15) is 4.79 Å². The Labute approximate surface area is 139 Å². The monoisotopic (exact) mass is 316 g/mol. The standard InChI is InChI=1S/C18H28N4O/c1-14-13-19-15(2)18(20-14)22-10-8-21(9-11-22)17(23)12-16-6-4-3-5-7-16/h13,16H,3-12H2,1-2H3. The summed E-state index contributed by atoms with van der Waals surface area (Å²) in [5, 5.41) is 0. The van der Waals surface area contributed by atoms with E-state index in [0.29, 0.717) is 11.8 Å². The quantitative estimate of drug-likeness (QED) is 0.860. The third-order valence-corrected chi connectivity index (χ3v) is 5.17. The van der Waals surface area contributed by atoms with Crippen LogP contribution in [0, 0.1) is 19.8 Å². The molecule has 23 heavy (non-hydrogen) atoms. The van der Waals surface area contributed by atoms with Crippen LogP contribution in [0.1, 0.15) is 49.9 Å². The molecule has 2 heterocycles. The molecular weight excluding hydrogens is 288 g/mol. The molecule has 2 fully saturated rings. The topological polar surface area (TPSA) is 49.3 Å². The molecule has 1 saturated carbocycles. The largest absolute Gasteiger partial charge is 0.352 e. The van der Waals surface area contributed by atoms with Crippen molar-refractivity contribution < 1.29 is 4.79 Å². The van der Waals surface area contributed by atoms with Gasteiger partial charge in [-0.2, -0.15) is 0 Å². The molecule has 1 amide bonds. The first-order chi connectivity index (χ1) is 11.1. The summed E-state index contributed by atoms with van der Waals surface area (Å²) in [6.07, 6.45) is 8.99. The summed E-state index contributed by atoms with van der Waals surface area (Å²) in [6.45, 7) is 7.30. The zero-order valence-corrected chi connectivity index (χ0v) is 14.4. The molecule has 0 N–H and O–H groups in total. The Bertz CT molecular complexity index is 546. The zero-order valence-electron chi connectivity index (χ0n) is 14.4. The highest BCUT2D eigenvalue weighted by Gasteiger charge is 2.25. The summed E-state index contributed by atoms with van der Waals surface area (Å²) >= 11 is 0. The number of carbonyl (C=O) groups is 1. The van der Waals surface area contributed by atoms with E-state index in [1.807, 2.05) is 24.9 Å². The fourth-order valence-corrected chi connectivity index (χ4v) is 3.76. The zero-order chi connectivity index (χ0) is 16.2. The number of amides is 1. The molecule has 0 aromatic carbocycles. The van der Waals surface area contributed by atoms with Crippen molar-refractivity contribution in [2.45, 2.75) is 52.4 Å². The number of hydrogen-bond acceptors (Lipinski definition) is 4. The highest BCUT2D eigenvalue weighted by atomic mass is 16.2. The van der Waals surface area contributed by atoms with Gasteiger partial charge in [-0.1, -0.05) is 19.3 Å². The van der Waals surface area contributed by atoms with Gasteiger partial charge in [0.2, 0.25) is 5.91 Å². The fraction of sp³-hybridized carbons (Fsp3) is 0.722. The van der Waals surface area contributed by atoms with Crippen molar-refractivity contribution in [3.8, 4) is 0 Å². The molecule has 0 bridgehead atoms. The number of rotatable bonds is 3. The van der Waals surface area contributed by atoms with Gasteiger partial charge < -0.3 is 9.80 Å². The summed E-state index contributed by atoms with van der Waals surface area (Å²) in [6, 6.07) is 0. The third kappa shape index (κ3) is 4.01.